The fourth-order valence-corrected chi connectivity index (χ4v) is 1.38. The molecule has 0 bridgehead atoms. The number of hydrogen-bond acceptors (Lipinski definition) is 3. The highest BCUT2D eigenvalue weighted by molar-refractivity contribution is 5.96. The lowest BCUT2D eigenvalue weighted by atomic mass is 10.0. The van der Waals surface area contributed by atoms with E-state index in [1.165, 1.54) is 0 Å². The first-order chi connectivity index (χ1) is 5.61. The van der Waals surface area contributed by atoms with Gasteiger partial charge in [-0.2, -0.15) is 0 Å². The summed E-state index contributed by atoms with van der Waals surface area (Å²) in [6.07, 6.45) is 0.955. The standard InChI is InChI=1S/C7H13N3O2/c1-4-2-3-9-5(4)6(11)10-7(8)12/h4-5,9H,2-3H2,1H3,(H3,8,10,11,12). The fourth-order valence-electron chi connectivity index (χ4n) is 1.38. The molecule has 1 heterocycles. The second-order valence-corrected chi connectivity index (χ2v) is 3.05. The summed E-state index contributed by atoms with van der Waals surface area (Å²) < 4.78 is 0. The summed E-state index contributed by atoms with van der Waals surface area (Å²) in [5.74, 6) is -0.0585. The molecule has 2 atom stereocenters. The van der Waals surface area contributed by atoms with Crippen LogP contribution in [0.3, 0.4) is 0 Å². The molecular weight excluding hydrogens is 158 g/mol. The maximum atomic E-state index is 11.2. The molecule has 0 aromatic heterocycles. The average molecular weight is 171 g/mol. The quantitative estimate of drug-likeness (QED) is 0.482. The summed E-state index contributed by atoms with van der Waals surface area (Å²) in [5.41, 5.74) is 4.81. The van der Waals surface area contributed by atoms with Crippen LogP contribution in [0.4, 0.5) is 4.79 Å². The highest BCUT2D eigenvalue weighted by atomic mass is 16.2. The molecule has 1 rings (SSSR count). The number of urea groups is 1. The predicted molar refractivity (Wildman–Crippen MR) is 43.3 cm³/mol. The average Bonchev–Trinajstić information content (AvgIpc) is 2.33. The Labute approximate surface area is 70.7 Å². The van der Waals surface area contributed by atoms with Gasteiger partial charge in [0.15, 0.2) is 0 Å². The summed E-state index contributed by atoms with van der Waals surface area (Å²) >= 11 is 0. The second-order valence-electron chi connectivity index (χ2n) is 3.05. The first-order valence-electron chi connectivity index (χ1n) is 3.95. The number of primary amides is 1. The van der Waals surface area contributed by atoms with Gasteiger partial charge in [-0.15, -0.1) is 0 Å². The molecule has 5 nitrogen and oxygen atoms in total. The van der Waals surface area contributed by atoms with Crippen LogP contribution in [0.1, 0.15) is 13.3 Å². The summed E-state index contributed by atoms with van der Waals surface area (Å²) in [6.45, 7) is 2.78. The number of imide groups is 1. The molecule has 68 valence electrons. The number of hydrogen-bond donors (Lipinski definition) is 3. The van der Waals surface area contributed by atoms with E-state index in [0.717, 1.165) is 13.0 Å². The van der Waals surface area contributed by atoms with Gasteiger partial charge in [0, 0.05) is 0 Å². The van der Waals surface area contributed by atoms with Gasteiger partial charge in [0.25, 0.3) is 0 Å². The van der Waals surface area contributed by atoms with Crippen LogP contribution < -0.4 is 16.4 Å². The number of rotatable bonds is 1. The number of carbonyl (C=O) groups excluding carboxylic acids is 2. The van der Waals surface area contributed by atoms with Crippen molar-refractivity contribution in [1.29, 1.82) is 0 Å². The molecule has 1 aliphatic rings. The smallest absolute Gasteiger partial charge is 0.318 e. The summed E-state index contributed by atoms with van der Waals surface area (Å²) in [6, 6.07) is -1.06. The van der Waals surface area contributed by atoms with Gasteiger partial charge >= 0.3 is 6.03 Å². The van der Waals surface area contributed by atoms with Gasteiger partial charge in [-0.3, -0.25) is 10.1 Å². The third-order valence-corrected chi connectivity index (χ3v) is 2.06. The van der Waals surface area contributed by atoms with Gasteiger partial charge in [0.2, 0.25) is 5.91 Å². The molecule has 0 saturated carbocycles. The summed E-state index contributed by atoms with van der Waals surface area (Å²) in [4.78, 5) is 21.5. The third-order valence-electron chi connectivity index (χ3n) is 2.06. The van der Waals surface area contributed by atoms with Crippen LogP contribution in [0, 0.1) is 5.92 Å². The van der Waals surface area contributed by atoms with Crippen LogP contribution in [0.25, 0.3) is 0 Å². The Morgan fingerprint density at radius 3 is 2.67 bits per heavy atom. The van der Waals surface area contributed by atoms with Gasteiger partial charge < -0.3 is 11.1 Å². The highest BCUT2D eigenvalue weighted by Crippen LogP contribution is 2.13. The fraction of sp³-hybridized carbons (Fsp3) is 0.714. The van der Waals surface area contributed by atoms with E-state index in [2.05, 4.69) is 10.6 Å². The minimum atomic E-state index is -0.791. The molecule has 1 aliphatic heterocycles. The second kappa shape index (κ2) is 3.53. The van der Waals surface area contributed by atoms with Gasteiger partial charge in [-0.25, -0.2) is 4.79 Å². The molecule has 2 unspecified atom stereocenters. The van der Waals surface area contributed by atoms with Crippen LogP contribution in [-0.2, 0) is 4.79 Å². The first kappa shape index (κ1) is 8.99. The van der Waals surface area contributed by atoms with E-state index in [-0.39, 0.29) is 17.9 Å². The highest BCUT2D eigenvalue weighted by Gasteiger charge is 2.29. The van der Waals surface area contributed by atoms with Crippen molar-refractivity contribution in [3.8, 4) is 0 Å². The third kappa shape index (κ3) is 1.94. The summed E-state index contributed by atoms with van der Waals surface area (Å²) in [5, 5.41) is 5.04. The Hall–Kier alpha value is -1.10. The van der Waals surface area contributed by atoms with Crippen molar-refractivity contribution in [2.45, 2.75) is 19.4 Å². The molecule has 5 heteroatoms. The number of amides is 3. The molecule has 12 heavy (non-hydrogen) atoms. The molecule has 1 fully saturated rings. The molecule has 0 aromatic rings. The first-order valence-corrected chi connectivity index (χ1v) is 3.95. The van der Waals surface area contributed by atoms with Crippen molar-refractivity contribution in [1.82, 2.24) is 10.6 Å². The van der Waals surface area contributed by atoms with E-state index in [4.69, 9.17) is 5.73 Å². The monoisotopic (exact) mass is 171 g/mol. The van der Waals surface area contributed by atoms with Crippen LogP contribution >= 0.6 is 0 Å². The normalized spacial score (nSPS) is 28.4. The summed E-state index contributed by atoms with van der Waals surface area (Å²) in [7, 11) is 0. The van der Waals surface area contributed by atoms with Gasteiger partial charge in [-0.05, 0) is 18.9 Å². The zero-order chi connectivity index (χ0) is 9.14. The van der Waals surface area contributed by atoms with Crippen molar-refractivity contribution >= 4 is 11.9 Å². The number of carbonyl (C=O) groups is 2. The Bertz CT molecular complexity index is 205. The molecule has 0 aliphatic carbocycles. The Balaban J connectivity index is 2.46. The zero-order valence-corrected chi connectivity index (χ0v) is 6.96. The number of nitrogens with one attached hydrogen (secondary N) is 2. The van der Waals surface area contributed by atoms with Crippen molar-refractivity contribution in [3.05, 3.63) is 0 Å². The van der Waals surface area contributed by atoms with Gasteiger partial charge in [0.05, 0.1) is 6.04 Å². The van der Waals surface area contributed by atoms with Crippen molar-refractivity contribution in [2.24, 2.45) is 11.7 Å². The molecule has 1 saturated heterocycles. The Morgan fingerprint density at radius 1 is 1.58 bits per heavy atom. The SMILES string of the molecule is CC1CCNC1C(=O)NC(N)=O. The molecule has 0 aromatic carbocycles. The van der Waals surface area contributed by atoms with E-state index in [0.29, 0.717) is 0 Å². The predicted octanol–water partition coefficient (Wildman–Crippen LogP) is -0.821. The largest absolute Gasteiger partial charge is 0.351 e. The van der Waals surface area contributed by atoms with Gasteiger partial charge in [0.1, 0.15) is 0 Å². The molecule has 0 radical (unpaired) electrons. The minimum absolute atomic E-state index is 0.266. The Kier molecular flexibility index (Phi) is 2.65. The van der Waals surface area contributed by atoms with E-state index in [1.807, 2.05) is 6.92 Å². The lowest BCUT2D eigenvalue weighted by Gasteiger charge is -2.13. The van der Waals surface area contributed by atoms with Crippen molar-refractivity contribution in [2.75, 3.05) is 6.54 Å². The maximum Gasteiger partial charge on any atom is 0.318 e. The lowest BCUT2D eigenvalue weighted by Crippen LogP contribution is -2.47. The minimum Gasteiger partial charge on any atom is -0.351 e. The van der Waals surface area contributed by atoms with Crippen molar-refractivity contribution in [3.63, 3.8) is 0 Å². The molecule has 0 spiro atoms. The van der Waals surface area contributed by atoms with Crippen LogP contribution in [-0.4, -0.2) is 24.5 Å². The lowest BCUT2D eigenvalue weighted by molar-refractivity contribution is -0.122. The molecule has 4 N–H and O–H groups in total. The van der Waals surface area contributed by atoms with Crippen LogP contribution in [0.5, 0.6) is 0 Å². The zero-order valence-electron chi connectivity index (χ0n) is 6.96. The van der Waals surface area contributed by atoms with Crippen LogP contribution in [0.15, 0.2) is 0 Å². The van der Waals surface area contributed by atoms with Crippen LogP contribution in [0.2, 0.25) is 0 Å². The van der Waals surface area contributed by atoms with E-state index < -0.39 is 6.03 Å². The van der Waals surface area contributed by atoms with E-state index in [9.17, 15) is 9.59 Å². The molecule has 3 amide bonds. The van der Waals surface area contributed by atoms with Gasteiger partial charge in [-0.1, -0.05) is 6.92 Å². The van der Waals surface area contributed by atoms with E-state index >= 15 is 0 Å². The topological polar surface area (TPSA) is 84.2 Å². The van der Waals surface area contributed by atoms with Crippen molar-refractivity contribution < 1.29 is 9.59 Å². The number of nitrogens with two attached hydrogens (primary N) is 1. The van der Waals surface area contributed by atoms with E-state index in [1.54, 1.807) is 0 Å². The molecular formula is C7H13N3O2. The maximum absolute atomic E-state index is 11.2. The Morgan fingerprint density at radius 2 is 2.25 bits per heavy atom.